The first kappa shape index (κ1) is 25.4. The lowest BCUT2D eigenvalue weighted by Gasteiger charge is -2.27. The molecule has 0 aliphatic carbocycles. The predicted molar refractivity (Wildman–Crippen MR) is 187 cm³/mol. The van der Waals surface area contributed by atoms with Gasteiger partial charge in [0, 0.05) is 16.5 Å². The summed E-state index contributed by atoms with van der Waals surface area (Å²) in [5.74, 6) is 0. The highest BCUT2D eigenvalue weighted by molar-refractivity contribution is 6.17. The number of hydrogen-bond donors (Lipinski definition) is 0. The molecule has 0 bridgehead atoms. The zero-order chi connectivity index (χ0) is 29.7. The Morgan fingerprint density at radius 3 is 1.22 bits per heavy atom. The standard InChI is InChI=1S/C42H27NO2/c1-2-10-28(11-3-1)29-20-22-30(23-21-29)31-24-26-32(27-25-31)43(35-14-8-18-39-41(35)33-12-4-6-16-37(33)44-39)36-15-9-19-40-42(36)34-13-5-7-17-38(34)45-40/h1-27H. The molecule has 0 fully saturated rings. The van der Waals surface area contributed by atoms with E-state index in [-0.39, 0.29) is 0 Å². The second-order valence-corrected chi connectivity index (χ2v) is 11.3. The van der Waals surface area contributed by atoms with Gasteiger partial charge in [-0.25, -0.2) is 0 Å². The lowest BCUT2D eigenvalue weighted by atomic mass is 10.00. The van der Waals surface area contributed by atoms with E-state index >= 15 is 0 Å². The Kier molecular flexibility index (Phi) is 5.82. The van der Waals surface area contributed by atoms with Crippen molar-refractivity contribution in [3.63, 3.8) is 0 Å². The molecule has 0 atom stereocenters. The van der Waals surface area contributed by atoms with Gasteiger partial charge in [0.1, 0.15) is 22.3 Å². The van der Waals surface area contributed by atoms with Gasteiger partial charge in [0.2, 0.25) is 0 Å². The summed E-state index contributed by atoms with van der Waals surface area (Å²) in [6, 6.07) is 57.3. The molecule has 2 aromatic heterocycles. The number of rotatable bonds is 5. The van der Waals surface area contributed by atoms with Gasteiger partial charge < -0.3 is 13.7 Å². The van der Waals surface area contributed by atoms with Crippen molar-refractivity contribution >= 4 is 60.9 Å². The molecule has 0 unspecified atom stereocenters. The van der Waals surface area contributed by atoms with Crippen LogP contribution in [0.15, 0.2) is 173 Å². The zero-order valence-corrected chi connectivity index (χ0v) is 24.4. The van der Waals surface area contributed by atoms with Crippen LogP contribution < -0.4 is 4.90 Å². The summed E-state index contributed by atoms with van der Waals surface area (Å²) >= 11 is 0. The maximum Gasteiger partial charge on any atom is 0.137 e. The topological polar surface area (TPSA) is 29.5 Å². The molecule has 2 heterocycles. The highest BCUT2D eigenvalue weighted by atomic mass is 16.3. The fourth-order valence-corrected chi connectivity index (χ4v) is 6.58. The van der Waals surface area contributed by atoms with Crippen LogP contribution in [0.25, 0.3) is 66.1 Å². The van der Waals surface area contributed by atoms with E-state index in [1.165, 1.54) is 16.7 Å². The molecular formula is C42H27NO2. The molecular weight excluding hydrogens is 550 g/mol. The maximum absolute atomic E-state index is 6.33. The Hall–Kier alpha value is -6.06. The summed E-state index contributed by atoms with van der Waals surface area (Å²) in [7, 11) is 0. The molecule has 9 aromatic rings. The average Bonchev–Trinajstić information content (AvgIpc) is 3.69. The number of anilines is 3. The minimum atomic E-state index is 0.859. The number of para-hydroxylation sites is 2. The highest BCUT2D eigenvalue weighted by Crippen LogP contribution is 2.47. The third-order valence-electron chi connectivity index (χ3n) is 8.69. The first-order chi connectivity index (χ1) is 22.3. The zero-order valence-electron chi connectivity index (χ0n) is 24.4. The van der Waals surface area contributed by atoms with E-state index in [1.807, 2.05) is 42.5 Å². The van der Waals surface area contributed by atoms with E-state index in [2.05, 4.69) is 126 Å². The van der Waals surface area contributed by atoms with E-state index in [0.29, 0.717) is 0 Å². The van der Waals surface area contributed by atoms with Crippen LogP contribution in [0, 0.1) is 0 Å². The Balaban J connectivity index is 1.23. The molecule has 0 saturated heterocycles. The van der Waals surface area contributed by atoms with Gasteiger partial charge in [-0.05, 0) is 70.8 Å². The van der Waals surface area contributed by atoms with Gasteiger partial charge in [-0.15, -0.1) is 0 Å². The summed E-state index contributed by atoms with van der Waals surface area (Å²) in [6.45, 7) is 0. The van der Waals surface area contributed by atoms with Crippen molar-refractivity contribution in [1.29, 1.82) is 0 Å². The molecule has 0 amide bonds. The highest BCUT2D eigenvalue weighted by Gasteiger charge is 2.23. The smallest absolute Gasteiger partial charge is 0.137 e. The van der Waals surface area contributed by atoms with Crippen LogP contribution in [0.1, 0.15) is 0 Å². The van der Waals surface area contributed by atoms with Crippen molar-refractivity contribution in [2.75, 3.05) is 4.90 Å². The molecule has 212 valence electrons. The molecule has 0 N–H and O–H groups in total. The SMILES string of the molecule is c1ccc(-c2ccc(-c3ccc(N(c4cccc5oc6ccccc6c45)c4cccc5oc6ccccc6c45)cc3)cc2)cc1. The molecule has 3 heteroatoms. The summed E-state index contributed by atoms with van der Waals surface area (Å²) in [5, 5.41) is 4.34. The first-order valence-electron chi connectivity index (χ1n) is 15.2. The quantitative estimate of drug-likeness (QED) is 0.204. The minimum absolute atomic E-state index is 0.859. The Morgan fingerprint density at radius 1 is 0.311 bits per heavy atom. The van der Waals surface area contributed by atoms with Gasteiger partial charge >= 0.3 is 0 Å². The minimum Gasteiger partial charge on any atom is -0.456 e. The Labute approximate surface area is 260 Å². The van der Waals surface area contributed by atoms with Gasteiger partial charge in [-0.3, -0.25) is 0 Å². The monoisotopic (exact) mass is 577 g/mol. The van der Waals surface area contributed by atoms with E-state index in [9.17, 15) is 0 Å². The average molecular weight is 578 g/mol. The third kappa shape index (κ3) is 4.21. The van der Waals surface area contributed by atoms with Crippen molar-refractivity contribution < 1.29 is 8.83 Å². The molecule has 0 saturated carbocycles. The van der Waals surface area contributed by atoms with Crippen LogP contribution >= 0.6 is 0 Å². The van der Waals surface area contributed by atoms with Gasteiger partial charge in [0.15, 0.2) is 0 Å². The van der Waals surface area contributed by atoms with Crippen molar-refractivity contribution in [2.45, 2.75) is 0 Å². The normalized spacial score (nSPS) is 11.6. The van der Waals surface area contributed by atoms with Gasteiger partial charge in [0.25, 0.3) is 0 Å². The van der Waals surface area contributed by atoms with Crippen molar-refractivity contribution in [1.82, 2.24) is 0 Å². The lowest BCUT2D eigenvalue weighted by Crippen LogP contribution is -2.10. The first-order valence-corrected chi connectivity index (χ1v) is 15.2. The van der Waals surface area contributed by atoms with E-state index < -0.39 is 0 Å². The summed E-state index contributed by atoms with van der Waals surface area (Å²) in [4.78, 5) is 2.34. The predicted octanol–water partition coefficient (Wildman–Crippen LogP) is 12.3. The molecule has 0 aliphatic heterocycles. The summed E-state index contributed by atoms with van der Waals surface area (Å²) in [5.41, 5.74) is 11.4. The van der Waals surface area contributed by atoms with Crippen LogP contribution in [-0.2, 0) is 0 Å². The molecule has 0 spiro atoms. The van der Waals surface area contributed by atoms with E-state index in [1.54, 1.807) is 0 Å². The number of fused-ring (bicyclic) bond motifs is 6. The molecule has 7 aromatic carbocycles. The molecule has 3 nitrogen and oxygen atoms in total. The molecule has 0 aliphatic rings. The van der Waals surface area contributed by atoms with Crippen LogP contribution in [0.4, 0.5) is 17.1 Å². The second-order valence-electron chi connectivity index (χ2n) is 11.3. The van der Waals surface area contributed by atoms with Gasteiger partial charge in [-0.1, -0.05) is 115 Å². The molecule has 0 radical (unpaired) electrons. The fraction of sp³-hybridized carbons (Fsp3) is 0. The number of benzene rings is 7. The van der Waals surface area contributed by atoms with E-state index in [0.717, 1.165) is 66.5 Å². The Bertz CT molecular complexity index is 2350. The van der Waals surface area contributed by atoms with Crippen LogP contribution in [-0.4, -0.2) is 0 Å². The Morgan fingerprint density at radius 2 is 0.711 bits per heavy atom. The van der Waals surface area contributed by atoms with E-state index in [4.69, 9.17) is 8.83 Å². The fourth-order valence-electron chi connectivity index (χ4n) is 6.58. The number of nitrogens with zero attached hydrogens (tertiary/aromatic N) is 1. The van der Waals surface area contributed by atoms with Crippen molar-refractivity contribution in [3.05, 3.63) is 164 Å². The molecule has 45 heavy (non-hydrogen) atoms. The largest absolute Gasteiger partial charge is 0.456 e. The van der Waals surface area contributed by atoms with Crippen LogP contribution in [0.3, 0.4) is 0 Å². The summed E-state index contributed by atoms with van der Waals surface area (Å²) in [6.07, 6.45) is 0. The van der Waals surface area contributed by atoms with Crippen LogP contribution in [0.5, 0.6) is 0 Å². The number of hydrogen-bond acceptors (Lipinski definition) is 3. The van der Waals surface area contributed by atoms with Crippen LogP contribution in [0.2, 0.25) is 0 Å². The summed E-state index contributed by atoms with van der Waals surface area (Å²) < 4.78 is 12.7. The van der Waals surface area contributed by atoms with Crippen molar-refractivity contribution in [3.8, 4) is 22.3 Å². The second kappa shape index (κ2) is 10.3. The third-order valence-corrected chi connectivity index (χ3v) is 8.69. The number of furan rings is 2. The van der Waals surface area contributed by atoms with Crippen molar-refractivity contribution in [2.24, 2.45) is 0 Å². The van der Waals surface area contributed by atoms with Gasteiger partial charge in [-0.2, -0.15) is 0 Å². The maximum atomic E-state index is 6.33. The van der Waals surface area contributed by atoms with Gasteiger partial charge in [0.05, 0.1) is 22.1 Å². The molecule has 9 rings (SSSR count). The lowest BCUT2D eigenvalue weighted by molar-refractivity contribution is 0.668.